The Bertz CT molecular complexity index is 644. The summed E-state index contributed by atoms with van der Waals surface area (Å²) in [5, 5.41) is 2.93. The van der Waals surface area contributed by atoms with E-state index in [1.54, 1.807) is 0 Å². The monoisotopic (exact) mass is 363 g/mol. The van der Waals surface area contributed by atoms with Crippen molar-refractivity contribution in [3.8, 4) is 0 Å². The number of hydrogen-bond acceptors (Lipinski definition) is 4. The summed E-state index contributed by atoms with van der Waals surface area (Å²) < 4.78 is 17.8. The van der Waals surface area contributed by atoms with E-state index in [1.165, 1.54) is 30.7 Å². The molecule has 1 aliphatic carbocycles. The Morgan fingerprint density at radius 3 is 2.50 bits per heavy atom. The van der Waals surface area contributed by atoms with Gasteiger partial charge in [-0.1, -0.05) is 26.7 Å². The van der Waals surface area contributed by atoms with Crippen molar-refractivity contribution in [1.82, 2.24) is 5.32 Å². The van der Waals surface area contributed by atoms with E-state index in [4.69, 9.17) is 4.74 Å². The average molecular weight is 363 g/mol. The lowest BCUT2D eigenvalue weighted by Crippen LogP contribution is -2.45. The number of benzene rings is 1. The van der Waals surface area contributed by atoms with Crippen LogP contribution in [-0.2, 0) is 14.3 Å². The van der Waals surface area contributed by atoms with Gasteiger partial charge in [-0.3, -0.25) is 14.4 Å². The van der Waals surface area contributed by atoms with Crippen LogP contribution in [0.3, 0.4) is 0 Å². The molecule has 0 heterocycles. The van der Waals surface area contributed by atoms with Crippen molar-refractivity contribution < 1.29 is 23.5 Å². The Labute approximate surface area is 153 Å². The lowest BCUT2D eigenvalue weighted by molar-refractivity contribution is -0.148. The van der Waals surface area contributed by atoms with Crippen LogP contribution in [0.1, 0.15) is 56.3 Å². The van der Waals surface area contributed by atoms with Crippen LogP contribution >= 0.6 is 0 Å². The minimum Gasteiger partial charge on any atom is -0.456 e. The lowest BCUT2D eigenvalue weighted by atomic mass is 9.78. The summed E-state index contributed by atoms with van der Waals surface area (Å²) in [6.45, 7) is 3.98. The van der Waals surface area contributed by atoms with Crippen molar-refractivity contribution in [1.29, 1.82) is 0 Å². The molecule has 1 fully saturated rings. The fraction of sp³-hybridized carbons (Fsp3) is 0.550. The summed E-state index contributed by atoms with van der Waals surface area (Å²) in [6.07, 6.45) is 3.05. The molecule has 142 valence electrons. The number of Topliss-reactive ketones (excluding diaryl/α,β-unsaturated/α-hetero) is 1. The van der Waals surface area contributed by atoms with Gasteiger partial charge in [0.1, 0.15) is 5.82 Å². The van der Waals surface area contributed by atoms with Crippen LogP contribution in [0.15, 0.2) is 24.3 Å². The molecule has 26 heavy (non-hydrogen) atoms. The van der Waals surface area contributed by atoms with Gasteiger partial charge < -0.3 is 10.1 Å². The van der Waals surface area contributed by atoms with E-state index < -0.39 is 11.8 Å². The van der Waals surface area contributed by atoms with Crippen molar-refractivity contribution in [3.05, 3.63) is 35.6 Å². The maximum Gasteiger partial charge on any atom is 0.306 e. The van der Waals surface area contributed by atoms with Crippen LogP contribution in [0.25, 0.3) is 0 Å². The summed E-state index contributed by atoms with van der Waals surface area (Å²) in [5.41, 5.74) is 0.345. The molecule has 1 aliphatic rings. The Morgan fingerprint density at radius 1 is 1.12 bits per heavy atom. The van der Waals surface area contributed by atoms with Crippen LogP contribution < -0.4 is 5.32 Å². The number of carbonyl (C=O) groups is 3. The molecule has 0 aromatic heterocycles. The molecule has 6 heteroatoms. The zero-order valence-corrected chi connectivity index (χ0v) is 15.3. The van der Waals surface area contributed by atoms with Gasteiger partial charge in [0.25, 0.3) is 5.91 Å². The van der Waals surface area contributed by atoms with Gasteiger partial charge in [0.05, 0.1) is 6.42 Å². The Morgan fingerprint density at radius 2 is 1.81 bits per heavy atom. The van der Waals surface area contributed by atoms with Crippen LogP contribution in [-0.4, -0.2) is 30.3 Å². The summed E-state index contributed by atoms with van der Waals surface area (Å²) >= 11 is 0. The van der Waals surface area contributed by atoms with E-state index in [0.717, 1.165) is 12.8 Å². The third-order valence-electron chi connectivity index (χ3n) is 5.14. The summed E-state index contributed by atoms with van der Waals surface area (Å²) in [6, 6.07) is 5.27. The Kier molecular flexibility index (Phi) is 7.30. The summed E-state index contributed by atoms with van der Waals surface area (Å²) in [7, 11) is 0. The Hall–Kier alpha value is -2.24. The topological polar surface area (TPSA) is 72.5 Å². The van der Waals surface area contributed by atoms with Crippen LogP contribution in [0, 0.1) is 17.7 Å². The molecule has 0 spiro atoms. The third-order valence-corrected chi connectivity index (χ3v) is 5.14. The highest BCUT2D eigenvalue weighted by molar-refractivity contribution is 5.97. The second-order valence-electron chi connectivity index (χ2n) is 7.03. The zero-order valence-electron chi connectivity index (χ0n) is 15.3. The third kappa shape index (κ3) is 5.93. The number of carbonyl (C=O) groups excluding carboxylic acids is 3. The molecule has 0 saturated heterocycles. The lowest BCUT2D eigenvalue weighted by Gasteiger charge is -2.34. The second-order valence-corrected chi connectivity index (χ2v) is 7.03. The van der Waals surface area contributed by atoms with Crippen molar-refractivity contribution in [2.45, 2.75) is 52.0 Å². The zero-order chi connectivity index (χ0) is 19.1. The van der Waals surface area contributed by atoms with E-state index in [0.29, 0.717) is 17.4 Å². The number of esters is 1. The number of ether oxygens (including phenoxy) is 1. The van der Waals surface area contributed by atoms with Gasteiger partial charge in [-0.2, -0.15) is 0 Å². The minimum absolute atomic E-state index is 0.0384. The largest absolute Gasteiger partial charge is 0.456 e. The molecule has 2 rings (SSSR count). The summed E-state index contributed by atoms with van der Waals surface area (Å²) in [4.78, 5) is 35.6. The van der Waals surface area contributed by atoms with Gasteiger partial charge in [-0.05, 0) is 42.5 Å². The number of nitrogens with one attached hydrogen (secondary N) is 1. The predicted octanol–water partition coefficient (Wildman–Crippen LogP) is 3.27. The number of ketones is 1. The van der Waals surface area contributed by atoms with E-state index in [-0.39, 0.29) is 37.2 Å². The van der Waals surface area contributed by atoms with E-state index in [1.807, 2.05) is 0 Å². The number of rotatable bonds is 7. The smallest absolute Gasteiger partial charge is 0.306 e. The molecule has 1 N–H and O–H groups in total. The molecular formula is C20H26FNO4. The van der Waals surface area contributed by atoms with Crippen LogP contribution in [0.5, 0.6) is 0 Å². The first-order valence-corrected chi connectivity index (χ1v) is 9.10. The standard InChI is InChI=1S/C20H26FNO4/c1-13-4-3-5-17(14(13)2)22-19(24)12-26-20(25)11-10-18(23)15-6-8-16(21)9-7-15/h6-9,13-14,17H,3-5,10-12H2,1-2H3,(H,22,24)/t13-,14+,17+/m1/s1. The molecule has 5 nitrogen and oxygen atoms in total. The summed E-state index contributed by atoms with van der Waals surface area (Å²) in [5.74, 6) is -0.634. The second kappa shape index (κ2) is 9.46. The van der Waals surface area contributed by atoms with Gasteiger partial charge in [0.15, 0.2) is 12.4 Å². The maximum absolute atomic E-state index is 12.8. The van der Waals surface area contributed by atoms with Gasteiger partial charge in [0, 0.05) is 18.0 Å². The van der Waals surface area contributed by atoms with Crippen molar-refractivity contribution in [3.63, 3.8) is 0 Å². The van der Waals surface area contributed by atoms with Gasteiger partial charge in [0.2, 0.25) is 0 Å². The molecule has 0 aliphatic heterocycles. The average Bonchev–Trinajstić information content (AvgIpc) is 2.62. The molecule has 1 aromatic rings. The van der Waals surface area contributed by atoms with E-state index >= 15 is 0 Å². The maximum atomic E-state index is 12.8. The highest BCUT2D eigenvalue weighted by Gasteiger charge is 2.28. The predicted molar refractivity (Wildman–Crippen MR) is 95.0 cm³/mol. The Balaban J connectivity index is 1.68. The molecule has 3 atom stereocenters. The van der Waals surface area contributed by atoms with Crippen molar-refractivity contribution in [2.75, 3.05) is 6.61 Å². The fourth-order valence-corrected chi connectivity index (χ4v) is 3.25. The first-order chi connectivity index (χ1) is 12.4. The first-order valence-electron chi connectivity index (χ1n) is 9.10. The van der Waals surface area contributed by atoms with Gasteiger partial charge in [-0.15, -0.1) is 0 Å². The number of halogens is 1. The first kappa shape index (κ1) is 20.1. The van der Waals surface area contributed by atoms with E-state index in [2.05, 4.69) is 19.2 Å². The molecule has 0 bridgehead atoms. The highest BCUT2D eigenvalue weighted by Crippen LogP contribution is 2.29. The SMILES string of the molecule is C[C@H]1[C@H](C)CCC[C@@H]1NC(=O)COC(=O)CCC(=O)c1ccc(F)cc1. The molecular weight excluding hydrogens is 337 g/mol. The van der Waals surface area contributed by atoms with Crippen molar-refractivity contribution >= 4 is 17.7 Å². The molecule has 1 aromatic carbocycles. The van der Waals surface area contributed by atoms with Crippen LogP contribution in [0.4, 0.5) is 4.39 Å². The molecule has 1 amide bonds. The minimum atomic E-state index is -0.597. The van der Waals surface area contributed by atoms with Gasteiger partial charge in [-0.25, -0.2) is 4.39 Å². The van der Waals surface area contributed by atoms with Gasteiger partial charge >= 0.3 is 5.97 Å². The fourth-order valence-electron chi connectivity index (χ4n) is 3.25. The number of amides is 1. The molecule has 0 radical (unpaired) electrons. The van der Waals surface area contributed by atoms with Crippen molar-refractivity contribution in [2.24, 2.45) is 11.8 Å². The normalized spacial score (nSPS) is 22.5. The van der Waals surface area contributed by atoms with E-state index in [9.17, 15) is 18.8 Å². The molecule has 1 saturated carbocycles. The highest BCUT2D eigenvalue weighted by atomic mass is 19.1. The number of hydrogen-bond donors (Lipinski definition) is 1. The van der Waals surface area contributed by atoms with Crippen LogP contribution in [0.2, 0.25) is 0 Å². The quantitative estimate of drug-likeness (QED) is 0.596. The molecule has 0 unspecified atom stereocenters.